The molecule has 2 unspecified atom stereocenters. The van der Waals surface area contributed by atoms with Crippen LogP contribution in [0, 0.1) is 0 Å². The molecule has 5 nitrogen and oxygen atoms in total. The Morgan fingerprint density at radius 3 is 1.70 bits per heavy atom. The molecule has 6 heteroatoms. The molecule has 0 rings (SSSR count). The summed E-state index contributed by atoms with van der Waals surface area (Å²) in [5, 5.41) is 18.1. The second-order valence-electron chi connectivity index (χ2n) is 5.53. The second kappa shape index (κ2) is 15.7. The first-order valence-corrected chi connectivity index (χ1v) is 10.8. The Balaban J connectivity index is 4.73. The Morgan fingerprint density at radius 2 is 1.35 bits per heavy atom. The number of hydrogen-bond acceptors (Lipinski definition) is 5. The van der Waals surface area contributed by atoms with E-state index in [1.165, 1.54) is 0 Å². The van der Waals surface area contributed by atoms with Gasteiger partial charge in [-0.05, 0) is 53.0 Å². The van der Waals surface area contributed by atoms with E-state index in [4.69, 9.17) is 19.7 Å². The zero-order valence-electron chi connectivity index (χ0n) is 15.5. The molecule has 2 N–H and O–H groups in total. The maximum absolute atomic E-state index is 9.05. The van der Waals surface area contributed by atoms with Gasteiger partial charge in [0.15, 0.2) is 0 Å². The van der Waals surface area contributed by atoms with Crippen molar-refractivity contribution in [3.05, 3.63) is 0 Å². The smallest absolute Gasteiger partial charge is 0.0788 e. The number of aliphatic hydroxyl groups excluding tert-OH is 2. The molecule has 0 aromatic heterocycles. The molecule has 0 aliphatic rings. The summed E-state index contributed by atoms with van der Waals surface area (Å²) in [5.74, 6) is 0.329. The molecule has 23 heavy (non-hydrogen) atoms. The fourth-order valence-corrected chi connectivity index (χ4v) is 5.75. The minimum absolute atomic E-state index is 0.0629. The van der Waals surface area contributed by atoms with E-state index in [-0.39, 0.29) is 24.9 Å². The van der Waals surface area contributed by atoms with Crippen molar-refractivity contribution >= 4 is 7.92 Å². The molecule has 0 amide bonds. The van der Waals surface area contributed by atoms with Crippen molar-refractivity contribution in [3.8, 4) is 0 Å². The first-order chi connectivity index (χ1) is 11.2. The molecule has 0 aromatic carbocycles. The topological polar surface area (TPSA) is 62.2 Å². The van der Waals surface area contributed by atoms with Crippen molar-refractivity contribution < 1.29 is 19.7 Å². The summed E-state index contributed by atoms with van der Waals surface area (Å²) in [7, 11) is -0.445. The van der Waals surface area contributed by atoms with Crippen LogP contribution in [0.25, 0.3) is 0 Å². The van der Waals surface area contributed by atoms with Gasteiger partial charge in [-0.25, -0.2) is 0 Å². The molecule has 0 fully saturated rings. The van der Waals surface area contributed by atoms with Crippen LogP contribution in [-0.4, -0.2) is 79.0 Å². The second-order valence-corrected chi connectivity index (χ2v) is 8.16. The van der Waals surface area contributed by atoms with E-state index in [1.807, 2.05) is 0 Å². The largest absolute Gasteiger partial charge is 0.394 e. The molecule has 0 aromatic rings. The molecule has 140 valence electrons. The minimum Gasteiger partial charge on any atom is -0.394 e. The fraction of sp³-hybridized carbons (Fsp3) is 1.00. The Labute approximate surface area is 144 Å². The number of ether oxygens (including phenoxy) is 2. The summed E-state index contributed by atoms with van der Waals surface area (Å²) >= 11 is 0. The molecule has 0 spiro atoms. The van der Waals surface area contributed by atoms with Crippen LogP contribution in [-0.2, 0) is 9.47 Å². The third kappa shape index (κ3) is 9.96. The Morgan fingerprint density at radius 1 is 0.870 bits per heavy atom. The van der Waals surface area contributed by atoms with Crippen molar-refractivity contribution in [3.63, 3.8) is 0 Å². The van der Waals surface area contributed by atoms with E-state index in [0.29, 0.717) is 13.2 Å². The van der Waals surface area contributed by atoms with Gasteiger partial charge in [-0.3, -0.25) is 0 Å². The molecule has 0 bridgehead atoms. The Hall–Kier alpha value is 0.230. The van der Waals surface area contributed by atoms with Crippen LogP contribution in [0.4, 0.5) is 0 Å². The lowest BCUT2D eigenvalue weighted by Gasteiger charge is -2.34. The van der Waals surface area contributed by atoms with Crippen molar-refractivity contribution in [2.75, 3.05) is 52.2 Å². The van der Waals surface area contributed by atoms with Crippen LogP contribution in [0.2, 0.25) is 0 Å². The van der Waals surface area contributed by atoms with Crippen molar-refractivity contribution in [2.24, 2.45) is 0 Å². The van der Waals surface area contributed by atoms with Crippen LogP contribution in [0.5, 0.6) is 0 Å². The molecular weight excluding hydrogens is 313 g/mol. The molecular formula is C17H38NO4P. The quantitative estimate of drug-likeness (QED) is 0.419. The molecule has 0 radical (unpaired) electrons. The van der Waals surface area contributed by atoms with E-state index >= 15 is 0 Å². The number of rotatable bonds is 16. The van der Waals surface area contributed by atoms with E-state index in [2.05, 4.69) is 32.6 Å². The standard InChI is InChI=1S/C17H38NO4P/c1-5-16(21-13-11-19)23(17(6-2)22-14-12-20)15-9-10-18(7-3)8-4/h16-17,19-20H,5-15H2,1-4H3. The van der Waals surface area contributed by atoms with Crippen molar-refractivity contribution in [1.29, 1.82) is 0 Å². The summed E-state index contributed by atoms with van der Waals surface area (Å²) in [6, 6.07) is 0. The maximum Gasteiger partial charge on any atom is 0.0788 e. The van der Waals surface area contributed by atoms with Crippen molar-refractivity contribution in [2.45, 2.75) is 58.6 Å². The predicted octanol–water partition coefficient (Wildman–Crippen LogP) is 2.69. The zero-order chi connectivity index (χ0) is 17.5. The summed E-state index contributed by atoms with van der Waals surface area (Å²) in [6.45, 7) is 12.9. The van der Waals surface area contributed by atoms with Gasteiger partial charge in [0.25, 0.3) is 0 Å². The number of aliphatic hydroxyl groups is 2. The highest BCUT2D eigenvalue weighted by Gasteiger charge is 2.28. The van der Waals surface area contributed by atoms with Gasteiger partial charge in [-0.15, -0.1) is 0 Å². The zero-order valence-corrected chi connectivity index (χ0v) is 16.4. The van der Waals surface area contributed by atoms with E-state index in [0.717, 1.165) is 45.1 Å². The lowest BCUT2D eigenvalue weighted by Crippen LogP contribution is -2.27. The highest BCUT2D eigenvalue weighted by Crippen LogP contribution is 2.50. The molecule has 0 saturated heterocycles. The van der Waals surface area contributed by atoms with Crippen LogP contribution in [0.1, 0.15) is 47.0 Å². The Kier molecular flexibility index (Phi) is 15.9. The fourth-order valence-electron chi connectivity index (χ4n) is 2.76. The first kappa shape index (κ1) is 23.2. The van der Waals surface area contributed by atoms with Crippen LogP contribution in [0.3, 0.4) is 0 Å². The summed E-state index contributed by atoms with van der Waals surface area (Å²) in [5.41, 5.74) is 0. The van der Waals surface area contributed by atoms with Crippen LogP contribution in [0.15, 0.2) is 0 Å². The SMILES string of the molecule is CCC(OCCO)P(CCCN(CC)CC)C(CC)OCCO. The van der Waals surface area contributed by atoms with Gasteiger partial charge in [-0.1, -0.05) is 27.7 Å². The molecule has 0 aliphatic heterocycles. The lowest BCUT2D eigenvalue weighted by molar-refractivity contribution is 0.0515. The Bertz CT molecular complexity index is 239. The van der Waals surface area contributed by atoms with Crippen LogP contribution < -0.4 is 0 Å². The average molecular weight is 351 g/mol. The molecule has 0 heterocycles. The maximum atomic E-state index is 9.05. The summed E-state index contributed by atoms with van der Waals surface area (Å²) in [4.78, 5) is 2.44. The molecule has 0 saturated carbocycles. The number of nitrogens with zero attached hydrogens (tertiary/aromatic N) is 1. The molecule has 2 atom stereocenters. The van der Waals surface area contributed by atoms with Gasteiger partial charge in [0.2, 0.25) is 0 Å². The third-order valence-electron chi connectivity index (χ3n) is 4.03. The van der Waals surface area contributed by atoms with Gasteiger partial charge >= 0.3 is 0 Å². The lowest BCUT2D eigenvalue weighted by atomic mass is 10.4. The summed E-state index contributed by atoms with van der Waals surface area (Å²) < 4.78 is 11.8. The number of hydrogen-bond donors (Lipinski definition) is 2. The van der Waals surface area contributed by atoms with Crippen molar-refractivity contribution in [1.82, 2.24) is 4.90 Å². The summed E-state index contributed by atoms with van der Waals surface area (Å²) in [6.07, 6.45) is 4.14. The van der Waals surface area contributed by atoms with E-state index in [1.54, 1.807) is 0 Å². The predicted molar refractivity (Wildman–Crippen MR) is 98.4 cm³/mol. The van der Waals surface area contributed by atoms with Gasteiger partial charge < -0.3 is 24.6 Å². The van der Waals surface area contributed by atoms with Gasteiger partial charge in [0, 0.05) is 0 Å². The van der Waals surface area contributed by atoms with E-state index in [9.17, 15) is 0 Å². The van der Waals surface area contributed by atoms with Gasteiger partial charge in [0.05, 0.1) is 38.1 Å². The molecule has 0 aliphatic carbocycles. The highest BCUT2D eigenvalue weighted by molar-refractivity contribution is 7.58. The third-order valence-corrected chi connectivity index (χ3v) is 7.37. The van der Waals surface area contributed by atoms with Gasteiger partial charge in [-0.2, -0.15) is 0 Å². The monoisotopic (exact) mass is 351 g/mol. The van der Waals surface area contributed by atoms with Crippen LogP contribution >= 0.6 is 7.92 Å². The highest BCUT2D eigenvalue weighted by atomic mass is 31.1. The minimum atomic E-state index is -0.445. The first-order valence-electron chi connectivity index (χ1n) is 9.11. The van der Waals surface area contributed by atoms with E-state index < -0.39 is 7.92 Å². The normalized spacial score (nSPS) is 15.8. The average Bonchev–Trinajstić information content (AvgIpc) is 2.58. The van der Waals surface area contributed by atoms with Gasteiger partial charge in [0.1, 0.15) is 0 Å².